The largest absolute Gasteiger partial charge is 0.444 e. The number of rotatable bonds is 5. The van der Waals surface area contributed by atoms with Crippen LogP contribution in [0, 0.1) is 5.41 Å². The molecule has 0 radical (unpaired) electrons. The van der Waals surface area contributed by atoms with E-state index in [0.29, 0.717) is 0 Å². The van der Waals surface area contributed by atoms with Crippen LogP contribution in [-0.4, -0.2) is 48.8 Å². The molecule has 1 amide bonds. The number of nitrogens with zero attached hydrogens (tertiary/aromatic N) is 2. The number of nitrogens with one attached hydrogen (secondary N) is 1. The second-order valence-electron chi connectivity index (χ2n) is 7.01. The van der Waals surface area contributed by atoms with E-state index in [1.807, 2.05) is 39.0 Å². The Kier molecular flexibility index (Phi) is 6.31. The Morgan fingerprint density at radius 3 is 2.48 bits per heavy atom. The van der Waals surface area contributed by atoms with Gasteiger partial charge in [-0.1, -0.05) is 51.1 Å². The highest BCUT2D eigenvalue weighted by Crippen LogP contribution is 2.25. The molecule has 0 unspecified atom stereocenters. The van der Waals surface area contributed by atoms with Gasteiger partial charge in [0.05, 0.1) is 6.54 Å². The highest BCUT2D eigenvalue weighted by molar-refractivity contribution is 7.87. The van der Waals surface area contributed by atoms with Crippen molar-refractivity contribution in [2.24, 2.45) is 5.41 Å². The van der Waals surface area contributed by atoms with Crippen molar-refractivity contribution in [2.75, 3.05) is 19.6 Å². The van der Waals surface area contributed by atoms with Gasteiger partial charge in [0.15, 0.2) is 0 Å². The maximum Gasteiger partial charge on any atom is 0.424 e. The number of hydrogen-bond acceptors (Lipinski definition) is 5. The molecule has 1 saturated heterocycles. The summed E-state index contributed by atoms with van der Waals surface area (Å²) < 4.78 is 32.4. The van der Waals surface area contributed by atoms with Crippen molar-refractivity contribution in [3.8, 4) is 0 Å². The number of hydrogen-bond donors (Lipinski definition) is 1. The second-order valence-corrected chi connectivity index (χ2v) is 9.08. The van der Waals surface area contributed by atoms with Gasteiger partial charge in [-0.2, -0.15) is 17.0 Å². The molecule has 1 aliphatic heterocycles. The lowest BCUT2D eigenvalue weighted by atomic mass is 9.87. The molecule has 1 atom stereocenters. The molecule has 1 heterocycles. The van der Waals surface area contributed by atoms with Gasteiger partial charge < -0.3 is 4.74 Å². The van der Waals surface area contributed by atoms with Crippen LogP contribution in [0.3, 0.4) is 0 Å². The summed E-state index contributed by atoms with van der Waals surface area (Å²) in [5.41, 5.74) is 0.557. The Labute approximate surface area is 154 Å². The number of benzene rings is 1. The first-order valence-electron chi connectivity index (χ1n) is 8.01. The van der Waals surface area contributed by atoms with E-state index in [2.05, 4.69) is 4.84 Å². The highest BCUT2D eigenvalue weighted by Gasteiger charge is 2.42. The van der Waals surface area contributed by atoms with Gasteiger partial charge in [0.25, 0.3) is 0 Å². The second kappa shape index (κ2) is 7.90. The lowest BCUT2D eigenvalue weighted by molar-refractivity contribution is 0.121. The summed E-state index contributed by atoms with van der Waals surface area (Å²) in [7, 11) is -3.90. The zero-order chi connectivity index (χ0) is 18.7. The third kappa shape index (κ3) is 4.84. The number of ether oxygens (including phenoxy) is 1. The lowest BCUT2D eigenvalue weighted by Crippen LogP contribution is -2.47. The molecule has 2 rings (SSSR count). The van der Waals surface area contributed by atoms with Gasteiger partial charge in [-0.05, 0) is 22.8 Å². The minimum absolute atomic E-state index is 0.0273. The first-order chi connectivity index (χ1) is 11.7. The van der Waals surface area contributed by atoms with Crippen LogP contribution in [0.15, 0.2) is 30.3 Å². The fourth-order valence-corrected chi connectivity index (χ4v) is 4.29. The maximum atomic E-state index is 12.6. The van der Waals surface area contributed by atoms with Crippen molar-refractivity contribution in [3.05, 3.63) is 35.9 Å². The molecule has 140 valence electrons. The SMILES string of the molecule is CC(C)(C)[C@@H](CN1CCN(C(=O)OCc2ccccc2)S1(=O)=O)NCl. The molecule has 9 heteroatoms. The van der Waals surface area contributed by atoms with Crippen LogP contribution < -0.4 is 4.84 Å². The number of halogens is 1. The molecule has 1 N–H and O–H groups in total. The summed E-state index contributed by atoms with van der Waals surface area (Å²) in [4.78, 5) is 14.8. The molecular formula is C16H24ClN3O4S. The molecule has 0 aromatic heterocycles. The van der Waals surface area contributed by atoms with Crippen LogP contribution in [0.25, 0.3) is 0 Å². The van der Waals surface area contributed by atoms with E-state index in [-0.39, 0.29) is 37.7 Å². The molecule has 7 nitrogen and oxygen atoms in total. The van der Waals surface area contributed by atoms with Gasteiger partial charge in [0.2, 0.25) is 0 Å². The van der Waals surface area contributed by atoms with Gasteiger partial charge in [-0.25, -0.2) is 9.63 Å². The highest BCUT2D eigenvalue weighted by atomic mass is 35.5. The van der Waals surface area contributed by atoms with E-state index in [9.17, 15) is 13.2 Å². The topological polar surface area (TPSA) is 79.0 Å². The summed E-state index contributed by atoms with van der Waals surface area (Å²) in [6.07, 6.45) is -0.863. The number of carbonyl (C=O) groups is 1. The van der Waals surface area contributed by atoms with Gasteiger partial charge in [-0.3, -0.25) is 0 Å². The fourth-order valence-electron chi connectivity index (χ4n) is 2.41. The molecule has 1 aromatic carbocycles. The average molecular weight is 390 g/mol. The third-order valence-corrected chi connectivity index (χ3v) is 6.27. The molecule has 1 aromatic rings. The summed E-state index contributed by atoms with van der Waals surface area (Å²) in [5, 5.41) is 0. The van der Waals surface area contributed by atoms with E-state index in [1.165, 1.54) is 4.31 Å². The summed E-state index contributed by atoms with van der Waals surface area (Å²) >= 11 is 5.76. The molecule has 0 bridgehead atoms. The number of carbonyl (C=O) groups excluding carboxylic acids is 1. The summed E-state index contributed by atoms with van der Waals surface area (Å²) in [5.74, 6) is 0. The van der Waals surface area contributed by atoms with E-state index >= 15 is 0 Å². The first-order valence-corrected chi connectivity index (χ1v) is 9.78. The van der Waals surface area contributed by atoms with Crippen LogP contribution >= 0.6 is 11.8 Å². The van der Waals surface area contributed by atoms with E-state index in [1.54, 1.807) is 12.1 Å². The molecule has 0 spiro atoms. The Morgan fingerprint density at radius 1 is 1.28 bits per heavy atom. The fraction of sp³-hybridized carbons (Fsp3) is 0.562. The van der Waals surface area contributed by atoms with E-state index in [4.69, 9.17) is 16.5 Å². The molecule has 0 aliphatic carbocycles. The van der Waals surface area contributed by atoms with Crippen molar-refractivity contribution in [1.29, 1.82) is 0 Å². The maximum absolute atomic E-state index is 12.6. The Morgan fingerprint density at radius 2 is 1.92 bits per heavy atom. The zero-order valence-corrected chi connectivity index (χ0v) is 16.2. The standard InChI is InChI=1S/C16H24ClN3O4S/c1-16(2,3)14(18-17)11-19-9-10-20(25(19,22)23)15(21)24-12-13-7-5-4-6-8-13/h4-8,14,18H,9-12H2,1-3H3/t14-/m1/s1. The van der Waals surface area contributed by atoms with Crippen LogP contribution in [0.2, 0.25) is 0 Å². The molecule has 1 aliphatic rings. The lowest BCUT2D eigenvalue weighted by Gasteiger charge is -2.31. The van der Waals surface area contributed by atoms with Crippen molar-refractivity contribution >= 4 is 28.1 Å². The van der Waals surface area contributed by atoms with Crippen molar-refractivity contribution in [2.45, 2.75) is 33.4 Å². The summed E-state index contributed by atoms with van der Waals surface area (Å²) in [6, 6.07) is 8.84. The third-order valence-electron chi connectivity index (χ3n) is 4.13. The Balaban J connectivity index is 2.00. The van der Waals surface area contributed by atoms with Crippen molar-refractivity contribution < 1.29 is 17.9 Å². The molecule has 0 saturated carbocycles. The minimum atomic E-state index is -3.90. The monoisotopic (exact) mass is 389 g/mol. The van der Waals surface area contributed by atoms with Crippen LogP contribution in [-0.2, 0) is 21.6 Å². The van der Waals surface area contributed by atoms with Gasteiger partial charge in [0, 0.05) is 19.1 Å². The average Bonchev–Trinajstić information content (AvgIpc) is 2.84. The predicted octanol–water partition coefficient (Wildman–Crippen LogP) is 2.34. The van der Waals surface area contributed by atoms with Crippen LogP contribution in [0.1, 0.15) is 26.3 Å². The minimum Gasteiger partial charge on any atom is -0.444 e. The quantitative estimate of drug-likeness (QED) is 0.782. The molecule has 1 fully saturated rings. The van der Waals surface area contributed by atoms with Gasteiger partial charge in [0.1, 0.15) is 6.61 Å². The zero-order valence-electron chi connectivity index (χ0n) is 14.6. The Hall–Kier alpha value is -1.35. The molecular weight excluding hydrogens is 366 g/mol. The normalized spacial score (nSPS) is 19.0. The van der Waals surface area contributed by atoms with E-state index < -0.39 is 16.3 Å². The van der Waals surface area contributed by atoms with Crippen molar-refractivity contribution in [1.82, 2.24) is 13.4 Å². The first kappa shape index (κ1) is 20.0. The summed E-state index contributed by atoms with van der Waals surface area (Å²) in [6.45, 7) is 6.37. The molecule has 25 heavy (non-hydrogen) atoms. The van der Waals surface area contributed by atoms with Gasteiger partial charge >= 0.3 is 16.3 Å². The smallest absolute Gasteiger partial charge is 0.424 e. The Bertz CT molecular complexity index is 691. The van der Waals surface area contributed by atoms with Crippen LogP contribution in [0.4, 0.5) is 4.79 Å². The van der Waals surface area contributed by atoms with Crippen LogP contribution in [0.5, 0.6) is 0 Å². The van der Waals surface area contributed by atoms with Gasteiger partial charge in [-0.15, -0.1) is 0 Å². The van der Waals surface area contributed by atoms with E-state index in [0.717, 1.165) is 9.87 Å². The predicted molar refractivity (Wildman–Crippen MR) is 96.1 cm³/mol. The number of amides is 1. The van der Waals surface area contributed by atoms with Crippen molar-refractivity contribution in [3.63, 3.8) is 0 Å².